The smallest absolute Gasteiger partial charge is 0.249 e. The molecule has 0 aromatic carbocycles. The molecule has 3 rings (SSSR count). The van der Waals surface area contributed by atoms with Crippen LogP contribution in [0.1, 0.15) is 46.9 Å². The Morgan fingerprint density at radius 2 is 2.48 bits per heavy atom. The molecule has 2 atom stereocenters. The molecular weight excluding hydrogens is 312 g/mol. The van der Waals surface area contributed by atoms with E-state index in [0.717, 1.165) is 36.7 Å². The molecule has 0 radical (unpaired) electrons. The highest BCUT2D eigenvalue weighted by atomic mass is 32.1. The van der Waals surface area contributed by atoms with Crippen LogP contribution in [0.5, 0.6) is 0 Å². The predicted molar refractivity (Wildman–Crippen MR) is 89.3 cm³/mol. The molecule has 2 aromatic heterocycles. The summed E-state index contributed by atoms with van der Waals surface area (Å²) in [6, 6.07) is 2.07. The molecule has 3 heterocycles. The summed E-state index contributed by atoms with van der Waals surface area (Å²) in [6.07, 6.45) is 5.87. The molecule has 0 bridgehead atoms. The average Bonchev–Trinajstić information content (AvgIpc) is 3.22. The number of nitrogens with two attached hydrogens (primary N) is 1. The van der Waals surface area contributed by atoms with Crippen LogP contribution in [0.2, 0.25) is 0 Å². The molecule has 1 amide bonds. The number of carbonyl (C=O) groups is 1. The summed E-state index contributed by atoms with van der Waals surface area (Å²) in [5.41, 5.74) is 5.87. The van der Waals surface area contributed by atoms with Crippen LogP contribution in [-0.4, -0.2) is 28.1 Å². The average molecular weight is 334 g/mol. The summed E-state index contributed by atoms with van der Waals surface area (Å²) < 4.78 is 8.12. The third-order valence-corrected chi connectivity index (χ3v) is 5.08. The second-order valence-corrected chi connectivity index (χ2v) is 6.65. The predicted octanol–water partition coefficient (Wildman–Crippen LogP) is 2.07. The van der Waals surface area contributed by atoms with Gasteiger partial charge in [0.2, 0.25) is 5.91 Å². The highest BCUT2D eigenvalue weighted by Crippen LogP contribution is 2.28. The number of hydrogen-bond acceptors (Lipinski definition) is 5. The Bertz CT molecular complexity index is 667. The van der Waals surface area contributed by atoms with Crippen LogP contribution >= 0.6 is 11.3 Å². The van der Waals surface area contributed by atoms with Crippen molar-refractivity contribution in [2.24, 2.45) is 5.73 Å². The number of nitrogens with zero attached hydrogens (tertiary/aromatic N) is 2. The Balaban J connectivity index is 1.68. The molecular formula is C16H22N4O2S. The van der Waals surface area contributed by atoms with Crippen molar-refractivity contribution in [2.45, 2.75) is 45.0 Å². The van der Waals surface area contributed by atoms with E-state index in [2.05, 4.69) is 21.8 Å². The van der Waals surface area contributed by atoms with Crippen molar-refractivity contribution < 1.29 is 9.53 Å². The van der Waals surface area contributed by atoms with Gasteiger partial charge in [-0.25, -0.2) is 4.98 Å². The number of amides is 1. The first-order valence-corrected chi connectivity index (χ1v) is 8.80. The van der Waals surface area contributed by atoms with Crippen molar-refractivity contribution in [3.8, 4) is 0 Å². The van der Waals surface area contributed by atoms with Crippen LogP contribution in [0.25, 0.3) is 0 Å². The summed E-state index contributed by atoms with van der Waals surface area (Å²) in [5, 5.41) is 5.36. The lowest BCUT2D eigenvalue weighted by atomic mass is 10.0. The monoisotopic (exact) mass is 334 g/mol. The van der Waals surface area contributed by atoms with Crippen LogP contribution in [0, 0.1) is 0 Å². The maximum absolute atomic E-state index is 11.2. The van der Waals surface area contributed by atoms with E-state index in [1.807, 2.05) is 18.5 Å². The number of carbonyl (C=O) groups excluding carboxylic acids is 1. The van der Waals surface area contributed by atoms with Gasteiger partial charge >= 0.3 is 0 Å². The van der Waals surface area contributed by atoms with Gasteiger partial charge in [0.25, 0.3) is 0 Å². The van der Waals surface area contributed by atoms with Crippen molar-refractivity contribution in [3.05, 3.63) is 40.1 Å². The maximum atomic E-state index is 11.2. The Labute approximate surface area is 139 Å². The van der Waals surface area contributed by atoms with Gasteiger partial charge in [-0.05, 0) is 25.8 Å². The second kappa shape index (κ2) is 7.25. The van der Waals surface area contributed by atoms with Gasteiger partial charge in [0.1, 0.15) is 11.9 Å². The van der Waals surface area contributed by atoms with Gasteiger partial charge in [0.05, 0.1) is 5.56 Å². The molecule has 1 aliphatic rings. The third kappa shape index (κ3) is 3.63. The molecule has 0 unspecified atom stereocenters. The number of imidazole rings is 1. The molecule has 0 spiro atoms. The fourth-order valence-corrected chi connectivity index (χ4v) is 3.75. The number of hydrogen-bond donors (Lipinski definition) is 2. The lowest BCUT2D eigenvalue weighted by molar-refractivity contribution is -0.0181. The molecule has 0 aliphatic carbocycles. The van der Waals surface area contributed by atoms with E-state index in [1.54, 1.807) is 16.7 Å². The van der Waals surface area contributed by atoms with E-state index in [4.69, 9.17) is 10.5 Å². The van der Waals surface area contributed by atoms with Crippen LogP contribution in [-0.2, 0) is 17.8 Å². The summed E-state index contributed by atoms with van der Waals surface area (Å²) >= 11 is 1.55. The van der Waals surface area contributed by atoms with Crippen molar-refractivity contribution in [1.29, 1.82) is 0 Å². The summed E-state index contributed by atoms with van der Waals surface area (Å²) in [6.45, 7) is 4.46. The van der Waals surface area contributed by atoms with Gasteiger partial charge in [0, 0.05) is 48.4 Å². The fraction of sp³-hybridized carbons (Fsp3) is 0.500. The maximum Gasteiger partial charge on any atom is 0.249 e. The van der Waals surface area contributed by atoms with Crippen molar-refractivity contribution in [2.75, 3.05) is 6.61 Å². The molecule has 7 heteroatoms. The van der Waals surface area contributed by atoms with Gasteiger partial charge in [-0.2, -0.15) is 0 Å². The molecule has 124 valence electrons. The van der Waals surface area contributed by atoms with Crippen LogP contribution in [0.15, 0.2) is 23.8 Å². The molecule has 6 nitrogen and oxygen atoms in total. The second-order valence-electron chi connectivity index (χ2n) is 5.66. The number of aryl methyl sites for hydroxylation is 1. The zero-order valence-electron chi connectivity index (χ0n) is 13.2. The number of thiophene rings is 1. The zero-order valence-corrected chi connectivity index (χ0v) is 14.0. The SMILES string of the molecule is CCn1ccnc1[C@H]1OCCC[C@@H]1NCc1cc(C(N)=O)cs1. The molecule has 1 saturated heterocycles. The van der Waals surface area contributed by atoms with Crippen molar-refractivity contribution in [1.82, 2.24) is 14.9 Å². The highest BCUT2D eigenvalue weighted by Gasteiger charge is 2.30. The van der Waals surface area contributed by atoms with E-state index in [0.29, 0.717) is 12.1 Å². The fourth-order valence-electron chi connectivity index (χ4n) is 2.92. The van der Waals surface area contributed by atoms with Crippen LogP contribution < -0.4 is 11.1 Å². The number of ether oxygens (including phenoxy) is 1. The molecule has 1 aliphatic heterocycles. The lowest BCUT2D eigenvalue weighted by Crippen LogP contribution is -2.40. The summed E-state index contributed by atoms with van der Waals surface area (Å²) in [4.78, 5) is 16.8. The standard InChI is InChI=1S/C16H22N4O2S/c1-2-20-6-5-18-16(20)14-13(4-3-7-22-14)19-9-12-8-11(10-23-12)15(17)21/h5-6,8,10,13-14,19H,2-4,7,9H2,1H3,(H2,17,21)/t13-,14-/m0/s1. The van der Waals surface area contributed by atoms with E-state index >= 15 is 0 Å². The van der Waals surface area contributed by atoms with E-state index in [1.165, 1.54) is 0 Å². The summed E-state index contributed by atoms with van der Waals surface area (Å²) in [7, 11) is 0. The first-order valence-electron chi connectivity index (χ1n) is 7.92. The minimum atomic E-state index is -0.378. The van der Waals surface area contributed by atoms with Crippen LogP contribution in [0.4, 0.5) is 0 Å². The third-order valence-electron chi connectivity index (χ3n) is 4.14. The van der Waals surface area contributed by atoms with E-state index < -0.39 is 0 Å². The Morgan fingerprint density at radius 1 is 1.61 bits per heavy atom. The van der Waals surface area contributed by atoms with Gasteiger partial charge in [-0.15, -0.1) is 11.3 Å². The normalized spacial score (nSPS) is 21.4. The molecule has 2 aromatic rings. The summed E-state index contributed by atoms with van der Waals surface area (Å²) in [5.74, 6) is 0.602. The number of aromatic nitrogens is 2. The van der Waals surface area contributed by atoms with Gasteiger partial charge in [0.15, 0.2) is 0 Å². The van der Waals surface area contributed by atoms with Crippen molar-refractivity contribution in [3.63, 3.8) is 0 Å². The topological polar surface area (TPSA) is 82.2 Å². The van der Waals surface area contributed by atoms with Crippen LogP contribution in [0.3, 0.4) is 0 Å². The van der Waals surface area contributed by atoms with Gasteiger partial charge in [-0.3, -0.25) is 4.79 Å². The minimum absolute atomic E-state index is 0.0331. The highest BCUT2D eigenvalue weighted by molar-refractivity contribution is 7.10. The zero-order chi connectivity index (χ0) is 16.2. The minimum Gasteiger partial charge on any atom is -0.369 e. The molecule has 1 fully saturated rings. The van der Waals surface area contributed by atoms with Gasteiger partial charge in [-0.1, -0.05) is 0 Å². The Kier molecular flexibility index (Phi) is 5.09. The van der Waals surface area contributed by atoms with E-state index in [9.17, 15) is 4.79 Å². The largest absolute Gasteiger partial charge is 0.369 e. The number of nitrogens with one attached hydrogen (secondary N) is 1. The van der Waals surface area contributed by atoms with Crippen molar-refractivity contribution >= 4 is 17.2 Å². The Hall–Kier alpha value is -1.70. The molecule has 23 heavy (non-hydrogen) atoms. The molecule has 3 N–H and O–H groups in total. The number of rotatable bonds is 6. The van der Waals surface area contributed by atoms with Gasteiger partial charge < -0.3 is 20.4 Å². The Morgan fingerprint density at radius 3 is 3.22 bits per heavy atom. The molecule has 0 saturated carbocycles. The van der Waals surface area contributed by atoms with E-state index in [-0.39, 0.29) is 18.1 Å². The quantitative estimate of drug-likeness (QED) is 0.847. The lowest BCUT2D eigenvalue weighted by Gasteiger charge is -2.32. The number of primary amides is 1. The first-order chi connectivity index (χ1) is 11.2. The first kappa shape index (κ1) is 16.2.